The first-order valence-corrected chi connectivity index (χ1v) is 7.95. The van der Waals surface area contributed by atoms with Gasteiger partial charge < -0.3 is 14.9 Å². The molecular weight excluding hydrogens is 304 g/mol. The van der Waals surface area contributed by atoms with Gasteiger partial charge in [-0.15, -0.1) is 0 Å². The van der Waals surface area contributed by atoms with Crippen LogP contribution in [0.2, 0.25) is 0 Å². The molecule has 2 N–H and O–H groups in total. The number of aryl methyl sites for hydroxylation is 2. The zero-order valence-electron chi connectivity index (χ0n) is 13.8. The maximum Gasteiger partial charge on any atom is 0.267 e. The Kier molecular flexibility index (Phi) is 4.46. The van der Waals surface area contributed by atoms with E-state index >= 15 is 0 Å². The largest absolute Gasteiger partial charge is 0.356 e. The monoisotopic (exact) mass is 324 g/mol. The minimum atomic E-state index is -0.199. The SMILES string of the molecule is CC(=O)c1c[nH]c(C(=O)NCCCn2c(C)nc3ccccc32)c1. The van der Waals surface area contributed by atoms with E-state index in [0.717, 1.165) is 29.8 Å². The van der Waals surface area contributed by atoms with Gasteiger partial charge in [0.1, 0.15) is 11.5 Å². The van der Waals surface area contributed by atoms with Crippen LogP contribution in [0.5, 0.6) is 0 Å². The number of H-pyrrole nitrogens is 1. The summed E-state index contributed by atoms with van der Waals surface area (Å²) in [6.45, 7) is 4.80. The second kappa shape index (κ2) is 6.70. The van der Waals surface area contributed by atoms with Gasteiger partial charge in [-0.2, -0.15) is 0 Å². The number of ketones is 1. The standard InChI is InChI=1S/C18H20N4O2/c1-12(23)14-10-16(20-11-14)18(24)19-8-5-9-22-13(2)21-15-6-3-4-7-17(15)22/h3-4,6-7,10-11,20H,5,8-9H2,1-2H3,(H,19,24). The number of Topliss-reactive ketones (excluding diaryl/α,β-unsaturated/α-hetero) is 1. The van der Waals surface area contributed by atoms with E-state index in [2.05, 4.69) is 25.9 Å². The zero-order valence-corrected chi connectivity index (χ0v) is 13.8. The molecule has 0 atom stereocenters. The smallest absolute Gasteiger partial charge is 0.267 e. The summed E-state index contributed by atoms with van der Waals surface area (Å²) in [4.78, 5) is 30.7. The van der Waals surface area contributed by atoms with Gasteiger partial charge in [-0.25, -0.2) is 4.98 Å². The highest BCUT2D eigenvalue weighted by atomic mass is 16.2. The number of benzene rings is 1. The summed E-state index contributed by atoms with van der Waals surface area (Å²) in [6.07, 6.45) is 2.35. The van der Waals surface area contributed by atoms with Crippen molar-refractivity contribution >= 4 is 22.7 Å². The number of hydrogen-bond acceptors (Lipinski definition) is 3. The van der Waals surface area contributed by atoms with E-state index in [4.69, 9.17) is 0 Å². The first-order chi connectivity index (χ1) is 11.6. The molecule has 1 amide bonds. The predicted molar refractivity (Wildman–Crippen MR) is 92.2 cm³/mol. The molecule has 0 fully saturated rings. The van der Waals surface area contributed by atoms with Crippen molar-refractivity contribution in [3.63, 3.8) is 0 Å². The average Bonchev–Trinajstić information content (AvgIpc) is 3.16. The van der Waals surface area contributed by atoms with Gasteiger partial charge in [0.15, 0.2) is 5.78 Å². The molecular formula is C18H20N4O2. The van der Waals surface area contributed by atoms with E-state index in [0.29, 0.717) is 17.8 Å². The van der Waals surface area contributed by atoms with E-state index < -0.39 is 0 Å². The van der Waals surface area contributed by atoms with Crippen molar-refractivity contribution in [2.75, 3.05) is 6.54 Å². The van der Waals surface area contributed by atoms with Gasteiger partial charge in [0.25, 0.3) is 5.91 Å². The number of hydrogen-bond donors (Lipinski definition) is 2. The number of rotatable bonds is 6. The second-order valence-corrected chi connectivity index (χ2v) is 5.77. The number of nitrogens with zero attached hydrogens (tertiary/aromatic N) is 2. The second-order valence-electron chi connectivity index (χ2n) is 5.77. The Labute approximate surface area is 139 Å². The highest BCUT2D eigenvalue weighted by Crippen LogP contribution is 2.15. The van der Waals surface area contributed by atoms with Crippen molar-refractivity contribution in [2.24, 2.45) is 0 Å². The number of imidazole rings is 1. The molecule has 0 radical (unpaired) electrons. The topological polar surface area (TPSA) is 79.8 Å². The molecule has 3 aromatic rings. The van der Waals surface area contributed by atoms with Crippen LogP contribution in [0, 0.1) is 6.92 Å². The van der Waals surface area contributed by atoms with Crippen LogP contribution < -0.4 is 5.32 Å². The Balaban J connectivity index is 1.55. The Morgan fingerprint density at radius 2 is 2.08 bits per heavy atom. The number of para-hydroxylation sites is 2. The summed E-state index contributed by atoms with van der Waals surface area (Å²) in [5.41, 5.74) is 3.02. The van der Waals surface area contributed by atoms with E-state index in [9.17, 15) is 9.59 Å². The third-order valence-corrected chi connectivity index (χ3v) is 4.02. The fourth-order valence-electron chi connectivity index (χ4n) is 2.74. The molecule has 6 nitrogen and oxygen atoms in total. The summed E-state index contributed by atoms with van der Waals surface area (Å²) < 4.78 is 2.16. The van der Waals surface area contributed by atoms with Crippen molar-refractivity contribution in [1.82, 2.24) is 19.9 Å². The quantitative estimate of drug-likeness (QED) is 0.540. The zero-order chi connectivity index (χ0) is 17.1. The maximum absolute atomic E-state index is 12.0. The summed E-state index contributed by atoms with van der Waals surface area (Å²) in [5, 5.41) is 2.87. The fraction of sp³-hybridized carbons (Fsp3) is 0.278. The lowest BCUT2D eigenvalue weighted by Crippen LogP contribution is -2.25. The summed E-state index contributed by atoms with van der Waals surface area (Å²) in [6, 6.07) is 9.60. The van der Waals surface area contributed by atoms with Gasteiger partial charge in [0.2, 0.25) is 0 Å². The third kappa shape index (κ3) is 3.22. The van der Waals surface area contributed by atoms with Gasteiger partial charge in [0, 0.05) is 24.8 Å². The van der Waals surface area contributed by atoms with Crippen LogP contribution >= 0.6 is 0 Å². The molecule has 3 rings (SSSR count). The van der Waals surface area contributed by atoms with Crippen LogP contribution in [-0.4, -0.2) is 32.8 Å². The van der Waals surface area contributed by atoms with E-state index in [-0.39, 0.29) is 11.7 Å². The molecule has 0 aliphatic carbocycles. The number of aromatic nitrogens is 3. The highest BCUT2D eigenvalue weighted by molar-refractivity contribution is 5.99. The minimum Gasteiger partial charge on any atom is -0.356 e. The van der Waals surface area contributed by atoms with Crippen LogP contribution in [0.4, 0.5) is 0 Å². The molecule has 2 aromatic heterocycles. The van der Waals surface area contributed by atoms with Crippen LogP contribution in [0.25, 0.3) is 11.0 Å². The van der Waals surface area contributed by atoms with Crippen LogP contribution in [-0.2, 0) is 6.54 Å². The van der Waals surface area contributed by atoms with Crippen molar-refractivity contribution in [2.45, 2.75) is 26.8 Å². The Morgan fingerprint density at radius 1 is 1.29 bits per heavy atom. The number of aromatic amines is 1. The molecule has 6 heteroatoms. The first kappa shape index (κ1) is 16.0. The van der Waals surface area contributed by atoms with Crippen molar-refractivity contribution < 1.29 is 9.59 Å². The Hall–Kier alpha value is -2.89. The van der Waals surface area contributed by atoms with Gasteiger partial charge >= 0.3 is 0 Å². The molecule has 0 unspecified atom stereocenters. The van der Waals surface area contributed by atoms with Gasteiger partial charge in [-0.3, -0.25) is 9.59 Å². The van der Waals surface area contributed by atoms with Crippen LogP contribution in [0.15, 0.2) is 36.5 Å². The van der Waals surface area contributed by atoms with E-state index in [1.165, 1.54) is 6.92 Å². The van der Waals surface area contributed by atoms with Crippen molar-refractivity contribution in [1.29, 1.82) is 0 Å². The lowest BCUT2D eigenvalue weighted by molar-refractivity contribution is 0.0948. The van der Waals surface area contributed by atoms with Crippen molar-refractivity contribution in [3.8, 4) is 0 Å². The predicted octanol–water partition coefficient (Wildman–Crippen LogP) is 2.70. The molecule has 124 valence electrons. The number of fused-ring (bicyclic) bond motifs is 1. The average molecular weight is 324 g/mol. The van der Waals surface area contributed by atoms with Gasteiger partial charge in [-0.1, -0.05) is 12.1 Å². The number of carbonyl (C=O) groups excluding carboxylic acids is 2. The lowest BCUT2D eigenvalue weighted by atomic mass is 10.2. The number of amides is 1. The molecule has 1 aromatic carbocycles. The normalized spacial score (nSPS) is 10.9. The molecule has 0 bridgehead atoms. The van der Waals surface area contributed by atoms with Crippen molar-refractivity contribution in [3.05, 3.63) is 53.6 Å². The van der Waals surface area contributed by atoms with Crippen LogP contribution in [0.3, 0.4) is 0 Å². The fourth-order valence-corrected chi connectivity index (χ4v) is 2.74. The number of nitrogens with one attached hydrogen (secondary N) is 2. The summed E-state index contributed by atoms with van der Waals surface area (Å²) in [7, 11) is 0. The molecule has 0 spiro atoms. The minimum absolute atomic E-state index is 0.0623. The molecule has 2 heterocycles. The summed E-state index contributed by atoms with van der Waals surface area (Å²) >= 11 is 0. The highest BCUT2D eigenvalue weighted by Gasteiger charge is 2.10. The molecule has 0 saturated carbocycles. The molecule has 0 aliphatic rings. The molecule has 0 aliphatic heterocycles. The summed E-state index contributed by atoms with van der Waals surface area (Å²) in [5.74, 6) is 0.709. The first-order valence-electron chi connectivity index (χ1n) is 7.95. The molecule has 24 heavy (non-hydrogen) atoms. The molecule has 0 saturated heterocycles. The Morgan fingerprint density at radius 3 is 2.83 bits per heavy atom. The lowest BCUT2D eigenvalue weighted by Gasteiger charge is -2.07. The maximum atomic E-state index is 12.0. The van der Waals surface area contributed by atoms with E-state index in [1.807, 2.05) is 25.1 Å². The Bertz CT molecular complexity index is 891. The number of carbonyl (C=O) groups is 2. The van der Waals surface area contributed by atoms with Gasteiger partial charge in [0.05, 0.1) is 11.0 Å². The third-order valence-electron chi connectivity index (χ3n) is 4.02. The van der Waals surface area contributed by atoms with E-state index in [1.54, 1.807) is 12.3 Å². The van der Waals surface area contributed by atoms with Crippen LogP contribution in [0.1, 0.15) is 40.0 Å². The van der Waals surface area contributed by atoms with Gasteiger partial charge in [-0.05, 0) is 38.5 Å².